The van der Waals surface area contributed by atoms with Crippen LogP contribution in [0.1, 0.15) is 5.56 Å². The lowest BCUT2D eigenvalue weighted by Gasteiger charge is -2.14. The van der Waals surface area contributed by atoms with Crippen LogP contribution >= 0.6 is 0 Å². The lowest BCUT2D eigenvalue weighted by Crippen LogP contribution is -2.38. The summed E-state index contributed by atoms with van der Waals surface area (Å²) in [5, 5.41) is 12.8. The summed E-state index contributed by atoms with van der Waals surface area (Å²) in [4.78, 5) is 0. The Morgan fingerprint density at radius 1 is 1.29 bits per heavy atom. The van der Waals surface area contributed by atoms with E-state index in [1.165, 1.54) is 5.56 Å². The van der Waals surface area contributed by atoms with Gasteiger partial charge in [-0.3, -0.25) is 0 Å². The second-order valence-electron chi connectivity index (χ2n) is 3.58. The van der Waals surface area contributed by atoms with E-state index in [4.69, 9.17) is 4.74 Å². The molecule has 2 N–H and O–H groups in total. The SMILES string of the molecule is O[C@@H]1COC[C@@H]1NCc1ccccc1. The molecule has 0 saturated carbocycles. The first kappa shape index (κ1) is 9.65. The van der Waals surface area contributed by atoms with E-state index in [0.29, 0.717) is 13.2 Å². The summed E-state index contributed by atoms with van der Waals surface area (Å²) in [5.74, 6) is 0. The number of aliphatic hydroxyl groups is 1. The molecule has 1 fully saturated rings. The zero-order valence-electron chi connectivity index (χ0n) is 8.02. The van der Waals surface area contributed by atoms with Crippen LogP contribution in [0.5, 0.6) is 0 Å². The fourth-order valence-electron chi connectivity index (χ4n) is 1.58. The minimum Gasteiger partial charge on any atom is -0.389 e. The Morgan fingerprint density at radius 2 is 2.07 bits per heavy atom. The van der Waals surface area contributed by atoms with Gasteiger partial charge >= 0.3 is 0 Å². The van der Waals surface area contributed by atoms with Crippen molar-refractivity contribution in [3.63, 3.8) is 0 Å². The van der Waals surface area contributed by atoms with Crippen LogP contribution in [-0.4, -0.2) is 30.5 Å². The van der Waals surface area contributed by atoms with Crippen molar-refractivity contribution in [2.24, 2.45) is 0 Å². The number of rotatable bonds is 3. The van der Waals surface area contributed by atoms with Gasteiger partial charge in [0.25, 0.3) is 0 Å². The normalized spacial score (nSPS) is 26.6. The highest BCUT2D eigenvalue weighted by molar-refractivity contribution is 5.14. The van der Waals surface area contributed by atoms with E-state index < -0.39 is 0 Å². The van der Waals surface area contributed by atoms with Crippen LogP contribution in [0.15, 0.2) is 30.3 Å². The molecule has 1 aliphatic rings. The molecular weight excluding hydrogens is 178 g/mol. The second-order valence-corrected chi connectivity index (χ2v) is 3.58. The summed E-state index contributed by atoms with van der Waals surface area (Å²) < 4.78 is 5.15. The van der Waals surface area contributed by atoms with Gasteiger partial charge in [-0.1, -0.05) is 30.3 Å². The first-order chi connectivity index (χ1) is 6.86. The van der Waals surface area contributed by atoms with Gasteiger partial charge in [0.2, 0.25) is 0 Å². The molecule has 0 bridgehead atoms. The van der Waals surface area contributed by atoms with Crippen LogP contribution in [0.25, 0.3) is 0 Å². The molecule has 1 aromatic rings. The third-order valence-corrected chi connectivity index (χ3v) is 2.46. The molecule has 0 aromatic heterocycles. The van der Waals surface area contributed by atoms with E-state index in [0.717, 1.165) is 6.54 Å². The molecule has 1 heterocycles. The van der Waals surface area contributed by atoms with Gasteiger partial charge < -0.3 is 15.2 Å². The highest BCUT2D eigenvalue weighted by Gasteiger charge is 2.25. The molecule has 1 aliphatic heterocycles. The highest BCUT2D eigenvalue weighted by Crippen LogP contribution is 2.06. The minimum absolute atomic E-state index is 0.0789. The van der Waals surface area contributed by atoms with E-state index in [1.807, 2.05) is 18.2 Å². The van der Waals surface area contributed by atoms with Crippen LogP contribution in [0.2, 0.25) is 0 Å². The van der Waals surface area contributed by atoms with E-state index >= 15 is 0 Å². The van der Waals surface area contributed by atoms with Crippen LogP contribution in [0.4, 0.5) is 0 Å². The largest absolute Gasteiger partial charge is 0.389 e. The van der Waals surface area contributed by atoms with Crippen LogP contribution in [-0.2, 0) is 11.3 Å². The van der Waals surface area contributed by atoms with Gasteiger partial charge in [0, 0.05) is 6.54 Å². The molecule has 0 unspecified atom stereocenters. The summed E-state index contributed by atoms with van der Waals surface area (Å²) in [5.41, 5.74) is 1.23. The van der Waals surface area contributed by atoms with Gasteiger partial charge in [0.15, 0.2) is 0 Å². The molecule has 1 aromatic carbocycles. The summed E-state index contributed by atoms with van der Waals surface area (Å²) in [6.07, 6.45) is -0.362. The molecule has 3 nitrogen and oxygen atoms in total. The van der Waals surface area contributed by atoms with Crippen LogP contribution < -0.4 is 5.32 Å². The number of benzene rings is 1. The number of aliphatic hydroxyl groups excluding tert-OH is 1. The topological polar surface area (TPSA) is 41.5 Å². The van der Waals surface area contributed by atoms with Gasteiger partial charge in [0.1, 0.15) is 0 Å². The summed E-state index contributed by atoms with van der Waals surface area (Å²) >= 11 is 0. The van der Waals surface area contributed by atoms with Gasteiger partial charge in [-0.25, -0.2) is 0 Å². The molecular formula is C11H15NO2. The Balaban J connectivity index is 1.82. The Labute approximate surface area is 83.7 Å². The Morgan fingerprint density at radius 3 is 2.71 bits per heavy atom. The standard InChI is InChI=1S/C11H15NO2/c13-11-8-14-7-10(11)12-6-9-4-2-1-3-5-9/h1-5,10-13H,6-8H2/t10-,11+/m0/s1. The minimum atomic E-state index is -0.362. The number of hydrogen-bond donors (Lipinski definition) is 2. The monoisotopic (exact) mass is 193 g/mol. The number of nitrogens with one attached hydrogen (secondary N) is 1. The van der Waals surface area contributed by atoms with Gasteiger partial charge in [-0.15, -0.1) is 0 Å². The Kier molecular flexibility index (Phi) is 3.14. The Bertz CT molecular complexity index is 276. The van der Waals surface area contributed by atoms with Crippen LogP contribution in [0, 0.1) is 0 Å². The molecule has 2 rings (SSSR count). The Hall–Kier alpha value is -0.900. The lowest BCUT2D eigenvalue weighted by atomic mass is 10.2. The van der Waals surface area contributed by atoms with Crippen molar-refractivity contribution in [3.05, 3.63) is 35.9 Å². The maximum absolute atomic E-state index is 9.48. The molecule has 2 atom stereocenters. The molecule has 14 heavy (non-hydrogen) atoms. The van der Waals surface area contributed by atoms with Crippen molar-refractivity contribution in [3.8, 4) is 0 Å². The maximum atomic E-state index is 9.48. The summed E-state index contributed by atoms with van der Waals surface area (Å²) in [6.45, 7) is 1.84. The van der Waals surface area contributed by atoms with Gasteiger partial charge in [-0.05, 0) is 5.56 Å². The van der Waals surface area contributed by atoms with Crippen molar-refractivity contribution in [1.82, 2.24) is 5.32 Å². The molecule has 0 radical (unpaired) electrons. The van der Waals surface area contributed by atoms with Gasteiger partial charge in [-0.2, -0.15) is 0 Å². The van der Waals surface area contributed by atoms with Gasteiger partial charge in [0.05, 0.1) is 25.4 Å². The van der Waals surface area contributed by atoms with Crippen molar-refractivity contribution >= 4 is 0 Å². The maximum Gasteiger partial charge on any atom is 0.0948 e. The van der Waals surface area contributed by atoms with Crippen molar-refractivity contribution < 1.29 is 9.84 Å². The zero-order chi connectivity index (χ0) is 9.80. The van der Waals surface area contributed by atoms with E-state index in [2.05, 4.69) is 17.4 Å². The predicted molar refractivity (Wildman–Crippen MR) is 53.9 cm³/mol. The number of hydrogen-bond acceptors (Lipinski definition) is 3. The smallest absolute Gasteiger partial charge is 0.0948 e. The van der Waals surface area contributed by atoms with E-state index in [-0.39, 0.29) is 12.1 Å². The average molecular weight is 193 g/mol. The molecule has 76 valence electrons. The molecule has 0 spiro atoms. The summed E-state index contributed by atoms with van der Waals surface area (Å²) in [7, 11) is 0. The average Bonchev–Trinajstić information content (AvgIpc) is 2.63. The zero-order valence-corrected chi connectivity index (χ0v) is 8.02. The second kappa shape index (κ2) is 4.55. The highest BCUT2D eigenvalue weighted by atomic mass is 16.5. The lowest BCUT2D eigenvalue weighted by molar-refractivity contribution is 0.122. The number of ether oxygens (including phenoxy) is 1. The third kappa shape index (κ3) is 2.32. The fourth-order valence-corrected chi connectivity index (χ4v) is 1.58. The first-order valence-corrected chi connectivity index (χ1v) is 4.89. The molecule has 0 aliphatic carbocycles. The summed E-state index contributed by atoms with van der Waals surface area (Å²) in [6, 6.07) is 10.2. The van der Waals surface area contributed by atoms with Crippen LogP contribution in [0.3, 0.4) is 0 Å². The first-order valence-electron chi connectivity index (χ1n) is 4.89. The van der Waals surface area contributed by atoms with Crippen molar-refractivity contribution in [2.75, 3.05) is 13.2 Å². The quantitative estimate of drug-likeness (QED) is 0.736. The molecule has 1 saturated heterocycles. The predicted octanol–water partition coefficient (Wildman–Crippen LogP) is 0.536. The molecule has 3 heteroatoms. The van der Waals surface area contributed by atoms with Crippen molar-refractivity contribution in [2.45, 2.75) is 18.7 Å². The van der Waals surface area contributed by atoms with E-state index in [9.17, 15) is 5.11 Å². The van der Waals surface area contributed by atoms with E-state index in [1.54, 1.807) is 0 Å². The van der Waals surface area contributed by atoms with Crippen molar-refractivity contribution in [1.29, 1.82) is 0 Å². The molecule has 0 amide bonds. The third-order valence-electron chi connectivity index (χ3n) is 2.46. The fraction of sp³-hybridized carbons (Fsp3) is 0.455.